The first-order valence-corrected chi connectivity index (χ1v) is 10.8. The number of H-pyrrole nitrogens is 1. The molecule has 2 saturated heterocycles. The van der Waals surface area contributed by atoms with Crippen LogP contribution in [0.1, 0.15) is 44.7 Å². The second-order valence-corrected chi connectivity index (χ2v) is 8.42. The first-order valence-electron chi connectivity index (χ1n) is 10.8. The maximum Gasteiger partial charge on any atom is 0.153 e. The van der Waals surface area contributed by atoms with E-state index in [0.717, 1.165) is 34.1 Å². The molecule has 1 unspecified atom stereocenters. The minimum atomic E-state index is 0.458. The van der Waals surface area contributed by atoms with Crippen molar-refractivity contribution in [1.82, 2.24) is 25.1 Å². The van der Waals surface area contributed by atoms with E-state index >= 15 is 0 Å². The van der Waals surface area contributed by atoms with Crippen LogP contribution >= 0.6 is 0 Å². The van der Waals surface area contributed by atoms with E-state index in [2.05, 4.69) is 43.7 Å². The molecule has 0 aliphatic carbocycles. The molecule has 152 valence electrons. The van der Waals surface area contributed by atoms with Crippen molar-refractivity contribution in [3.05, 3.63) is 36.2 Å². The third-order valence-corrected chi connectivity index (χ3v) is 6.27. The number of nitrogens with one attached hydrogen (secondary N) is 3. The van der Waals surface area contributed by atoms with E-state index in [4.69, 9.17) is 4.98 Å². The summed E-state index contributed by atoms with van der Waals surface area (Å²) in [5.41, 5.74) is 1.95. The van der Waals surface area contributed by atoms with Crippen molar-refractivity contribution >= 4 is 28.4 Å². The molecule has 3 N–H and O–H groups in total. The van der Waals surface area contributed by atoms with E-state index in [9.17, 15) is 0 Å². The molecule has 2 bridgehead atoms. The summed E-state index contributed by atoms with van der Waals surface area (Å²) in [6.07, 6.45) is 8.12. The van der Waals surface area contributed by atoms with E-state index in [-0.39, 0.29) is 0 Å². The molecule has 3 aromatic heterocycles. The van der Waals surface area contributed by atoms with Gasteiger partial charge in [0, 0.05) is 47.5 Å². The zero-order valence-electron chi connectivity index (χ0n) is 17.2. The van der Waals surface area contributed by atoms with Crippen molar-refractivity contribution in [2.24, 2.45) is 0 Å². The summed E-state index contributed by atoms with van der Waals surface area (Å²) in [7, 11) is 0. The Bertz CT molecular complexity index is 984. The molecule has 0 saturated carbocycles. The van der Waals surface area contributed by atoms with Crippen molar-refractivity contribution in [3.8, 4) is 0 Å². The maximum absolute atomic E-state index is 4.90. The lowest BCUT2D eigenvalue weighted by Crippen LogP contribution is -2.47. The van der Waals surface area contributed by atoms with Gasteiger partial charge in [-0.3, -0.25) is 15.0 Å². The minimum absolute atomic E-state index is 0.458. The number of piperidine rings is 1. The van der Waals surface area contributed by atoms with Gasteiger partial charge < -0.3 is 10.6 Å². The van der Waals surface area contributed by atoms with Gasteiger partial charge in [-0.2, -0.15) is 5.10 Å². The monoisotopic (exact) mass is 391 g/mol. The number of aromatic amines is 1. The molecule has 0 aromatic carbocycles. The van der Waals surface area contributed by atoms with Crippen LogP contribution in [-0.2, 0) is 0 Å². The number of aryl methyl sites for hydroxylation is 1. The average molecular weight is 392 g/mol. The number of aromatic nitrogens is 4. The number of hydrogen-bond donors (Lipinski definition) is 3. The van der Waals surface area contributed by atoms with Crippen molar-refractivity contribution in [1.29, 1.82) is 0 Å². The molecule has 0 spiro atoms. The van der Waals surface area contributed by atoms with Crippen molar-refractivity contribution in [3.63, 3.8) is 0 Å². The predicted molar refractivity (Wildman–Crippen MR) is 117 cm³/mol. The highest BCUT2D eigenvalue weighted by Gasteiger charge is 2.40. The van der Waals surface area contributed by atoms with Crippen LogP contribution in [0.25, 0.3) is 10.9 Å². The van der Waals surface area contributed by atoms with Crippen LogP contribution in [0.3, 0.4) is 0 Å². The highest BCUT2D eigenvalue weighted by molar-refractivity contribution is 5.91. The Hall–Kier alpha value is -2.67. The zero-order valence-corrected chi connectivity index (χ0v) is 17.2. The van der Waals surface area contributed by atoms with Crippen molar-refractivity contribution < 1.29 is 0 Å². The highest BCUT2D eigenvalue weighted by atomic mass is 15.2. The molecular formula is C22H29N7. The van der Waals surface area contributed by atoms with E-state index in [1.165, 1.54) is 38.6 Å². The largest absolute Gasteiger partial charge is 0.367 e. The van der Waals surface area contributed by atoms with E-state index in [1.54, 1.807) is 0 Å². The lowest BCUT2D eigenvalue weighted by Gasteiger charge is -2.39. The Balaban J connectivity index is 1.40. The summed E-state index contributed by atoms with van der Waals surface area (Å²) in [5, 5.41) is 15.4. The standard InChI is InChI=1S/C22H29N7/c1-3-9-29-16-6-7-17(29)12-15(11-16)24-22-18-5-4-8-23-19(18)13-20(26-22)25-21-10-14(2)27-28-21/h4-5,8,10,13,15-17H,3,6-7,9,11-12H2,1-2H3,(H3,24,25,26,27,28)/t15?,16-,17+. The van der Waals surface area contributed by atoms with Gasteiger partial charge in [-0.05, 0) is 57.7 Å². The first kappa shape index (κ1) is 18.4. The molecule has 5 heterocycles. The highest BCUT2D eigenvalue weighted by Crippen LogP contribution is 2.37. The second kappa shape index (κ2) is 7.63. The predicted octanol–water partition coefficient (Wildman–Crippen LogP) is 4.22. The van der Waals surface area contributed by atoms with Crippen LogP contribution in [0.4, 0.5) is 17.5 Å². The SMILES string of the molecule is CCCN1[C@@H]2CC[C@H]1CC(Nc1nc(Nc3cc(C)[nH]n3)cc3ncccc13)C2. The van der Waals surface area contributed by atoms with E-state index in [1.807, 2.05) is 31.3 Å². The van der Waals surface area contributed by atoms with Gasteiger partial charge in [0.25, 0.3) is 0 Å². The molecule has 0 amide bonds. The van der Waals surface area contributed by atoms with Gasteiger partial charge in [-0.25, -0.2) is 4.98 Å². The fourth-order valence-corrected chi connectivity index (χ4v) is 5.07. The molecule has 3 atom stereocenters. The van der Waals surface area contributed by atoms with Crippen LogP contribution in [0.5, 0.6) is 0 Å². The fourth-order valence-electron chi connectivity index (χ4n) is 5.07. The van der Waals surface area contributed by atoms with Crippen LogP contribution in [0, 0.1) is 6.92 Å². The topological polar surface area (TPSA) is 81.8 Å². The summed E-state index contributed by atoms with van der Waals surface area (Å²) in [5.74, 6) is 2.44. The molecule has 2 fully saturated rings. The van der Waals surface area contributed by atoms with Crippen LogP contribution in [0.2, 0.25) is 0 Å². The number of anilines is 3. The third kappa shape index (κ3) is 3.67. The molecule has 29 heavy (non-hydrogen) atoms. The van der Waals surface area contributed by atoms with Crippen LogP contribution in [0.15, 0.2) is 30.5 Å². The van der Waals surface area contributed by atoms with Gasteiger partial charge in [0.05, 0.1) is 5.52 Å². The van der Waals surface area contributed by atoms with E-state index < -0.39 is 0 Å². The molecule has 2 aliphatic heterocycles. The Kier molecular flexibility index (Phi) is 4.83. The molecule has 5 rings (SSSR count). The van der Waals surface area contributed by atoms with Gasteiger partial charge in [-0.15, -0.1) is 0 Å². The van der Waals surface area contributed by atoms with Gasteiger partial charge in [0.1, 0.15) is 11.6 Å². The minimum Gasteiger partial charge on any atom is -0.367 e. The third-order valence-electron chi connectivity index (χ3n) is 6.27. The molecular weight excluding hydrogens is 362 g/mol. The number of rotatable bonds is 6. The fraction of sp³-hybridized carbons (Fsp3) is 0.500. The summed E-state index contributed by atoms with van der Waals surface area (Å²) >= 11 is 0. The van der Waals surface area contributed by atoms with Gasteiger partial charge in [0.15, 0.2) is 5.82 Å². The first-order chi connectivity index (χ1) is 14.2. The molecule has 0 radical (unpaired) electrons. The Morgan fingerprint density at radius 1 is 1.17 bits per heavy atom. The lowest BCUT2D eigenvalue weighted by atomic mass is 9.97. The second-order valence-electron chi connectivity index (χ2n) is 8.42. The van der Waals surface area contributed by atoms with Gasteiger partial charge >= 0.3 is 0 Å². The molecule has 3 aromatic rings. The van der Waals surface area contributed by atoms with Gasteiger partial charge in [-0.1, -0.05) is 6.92 Å². The quantitative estimate of drug-likeness (QED) is 0.584. The van der Waals surface area contributed by atoms with Crippen LogP contribution < -0.4 is 10.6 Å². The Morgan fingerprint density at radius 2 is 2.00 bits per heavy atom. The zero-order chi connectivity index (χ0) is 19.8. The van der Waals surface area contributed by atoms with E-state index in [0.29, 0.717) is 18.1 Å². The lowest BCUT2D eigenvalue weighted by molar-refractivity contribution is 0.133. The maximum atomic E-state index is 4.90. The number of fused-ring (bicyclic) bond motifs is 3. The molecule has 2 aliphatic rings. The van der Waals surface area contributed by atoms with Crippen LogP contribution in [-0.4, -0.2) is 49.7 Å². The smallest absolute Gasteiger partial charge is 0.153 e. The summed E-state index contributed by atoms with van der Waals surface area (Å²) in [4.78, 5) is 12.2. The number of pyridine rings is 2. The molecule has 7 heteroatoms. The van der Waals surface area contributed by atoms with Gasteiger partial charge in [0.2, 0.25) is 0 Å². The Labute approximate surface area is 171 Å². The van der Waals surface area contributed by atoms with Crippen molar-refractivity contribution in [2.45, 2.75) is 64.1 Å². The summed E-state index contributed by atoms with van der Waals surface area (Å²) in [6.45, 7) is 5.50. The molecule has 7 nitrogen and oxygen atoms in total. The average Bonchev–Trinajstić information content (AvgIpc) is 3.21. The number of nitrogens with zero attached hydrogens (tertiary/aromatic N) is 4. The summed E-state index contributed by atoms with van der Waals surface area (Å²) in [6, 6.07) is 9.91. The summed E-state index contributed by atoms with van der Waals surface area (Å²) < 4.78 is 0. The Morgan fingerprint density at radius 3 is 2.72 bits per heavy atom. The van der Waals surface area contributed by atoms with Crippen molar-refractivity contribution in [2.75, 3.05) is 17.2 Å². The number of hydrogen-bond acceptors (Lipinski definition) is 6. The normalized spacial score (nSPS) is 24.1.